The normalized spacial score (nSPS) is 12.6. The third-order valence-electron chi connectivity index (χ3n) is 3.82. The third kappa shape index (κ3) is 4.65. The van der Waals surface area contributed by atoms with E-state index in [1.807, 2.05) is 37.3 Å². The van der Waals surface area contributed by atoms with Gasteiger partial charge in [-0.25, -0.2) is 0 Å². The predicted molar refractivity (Wildman–Crippen MR) is 112 cm³/mol. The zero-order valence-electron chi connectivity index (χ0n) is 15.1. The monoisotopic (exact) mass is 414 g/mol. The van der Waals surface area contributed by atoms with Gasteiger partial charge in [0, 0.05) is 17.2 Å². The van der Waals surface area contributed by atoms with Gasteiger partial charge in [-0.15, -0.1) is 0 Å². The first kappa shape index (κ1) is 19.8. The quantitative estimate of drug-likeness (QED) is 0.409. The van der Waals surface area contributed by atoms with Crippen molar-refractivity contribution in [2.45, 2.75) is 6.92 Å². The van der Waals surface area contributed by atoms with E-state index < -0.39 is 0 Å². The fourth-order valence-corrected chi connectivity index (χ4v) is 2.74. The number of halogens is 2. The SMILES string of the molecule is CON=C(c1ccon1)c1ccccc1C=NN=C(C)c1ccc(Cl)c(Cl)c1. The Labute approximate surface area is 172 Å². The minimum atomic E-state index is 0.469. The van der Waals surface area contributed by atoms with Crippen LogP contribution in [-0.4, -0.2) is 29.9 Å². The van der Waals surface area contributed by atoms with E-state index in [1.54, 1.807) is 24.4 Å². The maximum Gasteiger partial charge on any atom is 0.139 e. The van der Waals surface area contributed by atoms with Gasteiger partial charge in [-0.2, -0.15) is 10.2 Å². The molecule has 1 heterocycles. The van der Waals surface area contributed by atoms with Crippen LogP contribution in [-0.2, 0) is 4.84 Å². The molecule has 0 amide bonds. The second kappa shape index (κ2) is 9.30. The topological polar surface area (TPSA) is 72.3 Å². The molecule has 0 aliphatic rings. The number of oxime groups is 1. The van der Waals surface area contributed by atoms with E-state index in [0.717, 1.165) is 16.7 Å². The summed E-state index contributed by atoms with van der Waals surface area (Å²) in [6.45, 7) is 1.84. The minimum absolute atomic E-state index is 0.469. The molecule has 0 aliphatic heterocycles. The fourth-order valence-electron chi connectivity index (χ4n) is 2.44. The Morgan fingerprint density at radius 3 is 2.64 bits per heavy atom. The summed E-state index contributed by atoms with van der Waals surface area (Å²) >= 11 is 12.0. The molecular formula is C20H16Cl2N4O2. The van der Waals surface area contributed by atoms with Crippen LogP contribution in [0.5, 0.6) is 0 Å². The third-order valence-corrected chi connectivity index (χ3v) is 4.56. The lowest BCUT2D eigenvalue weighted by Gasteiger charge is -2.06. The highest BCUT2D eigenvalue weighted by atomic mass is 35.5. The van der Waals surface area contributed by atoms with E-state index in [4.69, 9.17) is 32.6 Å². The Kier molecular flexibility index (Phi) is 6.57. The first-order valence-electron chi connectivity index (χ1n) is 8.24. The van der Waals surface area contributed by atoms with Crippen LogP contribution in [0.3, 0.4) is 0 Å². The lowest BCUT2D eigenvalue weighted by molar-refractivity contribution is 0.213. The highest BCUT2D eigenvalue weighted by Crippen LogP contribution is 2.23. The van der Waals surface area contributed by atoms with Crippen molar-refractivity contribution in [3.8, 4) is 0 Å². The Balaban J connectivity index is 1.90. The van der Waals surface area contributed by atoms with Crippen LogP contribution in [0.15, 0.2) is 74.7 Å². The molecule has 0 bridgehead atoms. The molecular weight excluding hydrogens is 399 g/mol. The van der Waals surface area contributed by atoms with Gasteiger partial charge in [0.2, 0.25) is 0 Å². The molecule has 6 nitrogen and oxygen atoms in total. The highest BCUT2D eigenvalue weighted by Gasteiger charge is 2.14. The number of rotatable bonds is 6. The summed E-state index contributed by atoms with van der Waals surface area (Å²) in [7, 11) is 1.47. The number of benzene rings is 2. The molecule has 3 aromatic rings. The molecule has 0 unspecified atom stereocenters. The number of nitrogens with zero attached hydrogens (tertiary/aromatic N) is 4. The number of aromatic nitrogens is 1. The van der Waals surface area contributed by atoms with E-state index in [0.29, 0.717) is 27.2 Å². The fraction of sp³-hybridized carbons (Fsp3) is 0.100. The van der Waals surface area contributed by atoms with Gasteiger partial charge in [0.05, 0.1) is 22.0 Å². The van der Waals surface area contributed by atoms with Crippen LogP contribution >= 0.6 is 23.2 Å². The molecule has 28 heavy (non-hydrogen) atoms. The van der Waals surface area contributed by atoms with Crippen molar-refractivity contribution in [2.75, 3.05) is 7.11 Å². The van der Waals surface area contributed by atoms with Gasteiger partial charge in [0.1, 0.15) is 24.8 Å². The number of hydrogen-bond donors (Lipinski definition) is 0. The molecule has 0 saturated heterocycles. The number of hydrogen-bond acceptors (Lipinski definition) is 6. The summed E-state index contributed by atoms with van der Waals surface area (Å²) < 4.78 is 4.92. The average molecular weight is 415 g/mol. The standard InChI is InChI=1S/C20H16Cl2N4O2/c1-13(14-7-8-17(21)18(22)11-14)24-23-12-15-5-3-4-6-16(15)20(26-27-2)19-9-10-28-25-19/h3-12H,1-2H3. The first-order chi connectivity index (χ1) is 13.6. The largest absolute Gasteiger partial charge is 0.399 e. The summed E-state index contributed by atoms with van der Waals surface area (Å²) in [5, 5.41) is 17.4. The molecule has 0 aliphatic carbocycles. The lowest BCUT2D eigenvalue weighted by Crippen LogP contribution is -2.08. The van der Waals surface area contributed by atoms with Crippen LogP contribution < -0.4 is 0 Å². The molecule has 142 valence electrons. The van der Waals surface area contributed by atoms with Crippen molar-refractivity contribution in [3.05, 3.63) is 87.2 Å². The van der Waals surface area contributed by atoms with Crippen molar-refractivity contribution in [1.82, 2.24) is 5.16 Å². The molecule has 3 rings (SSSR count). The van der Waals surface area contributed by atoms with Crippen LogP contribution in [0.25, 0.3) is 0 Å². The Morgan fingerprint density at radius 1 is 1.11 bits per heavy atom. The van der Waals surface area contributed by atoms with E-state index in [9.17, 15) is 0 Å². The first-order valence-corrected chi connectivity index (χ1v) is 9.00. The Morgan fingerprint density at radius 2 is 1.93 bits per heavy atom. The smallest absolute Gasteiger partial charge is 0.139 e. The van der Waals surface area contributed by atoms with Crippen molar-refractivity contribution < 1.29 is 9.36 Å². The molecule has 0 atom stereocenters. The van der Waals surface area contributed by atoms with Crippen LogP contribution in [0.1, 0.15) is 29.3 Å². The van der Waals surface area contributed by atoms with Gasteiger partial charge < -0.3 is 9.36 Å². The molecule has 2 aromatic carbocycles. The summed E-state index contributed by atoms with van der Waals surface area (Å²) in [5.41, 5.74) is 4.21. The Bertz CT molecular complexity index is 1040. The van der Waals surface area contributed by atoms with Gasteiger partial charge in [0.25, 0.3) is 0 Å². The summed E-state index contributed by atoms with van der Waals surface area (Å²) in [4.78, 5) is 4.97. The van der Waals surface area contributed by atoms with Gasteiger partial charge in [-0.3, -0.25) is 0 Å². The molecule has 8 heteroatoms. The molecule has 1 aromatic heterocycles. The zero-order valence-corrected chi connectivity index (χ0v) is 16.6. The van der Waals surface area contributed by atoms with Crippen molar-refractivity contribution in [1.29, 1.82) is 0 Å². The van der Waals surface area contributed by atoms with Gasteiger partial charge in [-0.05, 0) is 24.6 Å². The maximum atomic E-state index is 6.06. The van der Waals surface area contributed by atoms with Gasteiger partial charge in [-0.1, -0.05) is 63.8 Å². The molecule has 0 radical (unpaired) electrons. The van der Waals surface area contributed by atoms with Crippen molar-refractivity contribution in [2.24, 2.45) is 15.4 Å². The van der Waals surface area contributed by atoms with Crippen molar-refractivity contribution >= 4 is 40.8 Å². The second-order valence-electron chi connectivity index (χ2n) is 5.65. The van der Waals surface area contributed by atoms with Crippen LogP contribution in [0.2, 0.25) is 10.0 Å². The van der Waals surface area contributed by atoms with Crippen molar-refractivity contribution in [3.63, 3.8) is 0 Å². The van der Waals surface area contributed by atoms with Gasteiger partial charge >= 0.3 is 0 Å². The van der Waals surface area contributed by atoms with Crippen LogP contribution in [0.4, 0.5) is 0 Å². The summed E-state index contributed by atoms with van der Waals surface area (Å²) in [5.74, 6) is 0. The summed E-state index contributed by atoms with van der Waals surface area (Å²) in [6.07, 6.45) is 3.11. The van der Waals surface area contributed by atoms with E-state index in [1.165, 1.54) is 13.4 Å². The van der Waals surface area contributed by atoms with Crippen LogP contribution in [0, 0.1) is 0 Å². The summed E-state index contributed by atoms with van der Waals surface area (Å²) in [6, 6.07) is 14.6. The molecule has 0 saturated carbocycles. The lowest BCUT2D eigenvalue weighted by atomic mass is 10.0. The molecule has 0 fully saturated rings. The highest BCUT2D eigenvalue weighted by molar-refractivity contribution is 6.42. The van der Waals surface area contributed by atoms with E-state index in [-0.39, 0.29) is 0 Å². The zero-order chi connectivity index (χ0) is 19.9. The average Bonchev–Trinajstić information content (AvgIpc) is 3.23. The Hall–Kier alpha value is -2.96. The van der Waals surface area contributed by atoms with E-state index >= 15 is 0 Å². The van der Waals surface area contributed by atoms with Gasteiger partial charge in [0.15, 0.2) is 0 Å². The predicted octanol–water partition coefficient (Wildman–Crippen LogP) is 5.22. The molecule has 0 spiro atoms. The second-order valence-corrected chi connectivity index (χ2v) is 6.47. The van der Waals surface area contributed by atoms with E-state index in [2.05, 4.69) is 20.5 Å². The minimum Gasteiger partial charge on any atom is -0.399 e. The molecule has 0 N–H and O–H groups in total. The maximum absolute atomic E-state index is 6.06.